The molecular formula is C18H22N2O5. The van der Waals surface area contributed by atoms with Gasteiger partial charge in [-0.3, -0.25) is 14.4 Å². The molecule has 1 saturated heterocycles. The number of amides is 2. The first-order valence-electron chi connectivity index (χ1n) is 8.52. The normalized spacial score (nSPS) is 22.9. The van der Waals surface area contributed by atoms with Gasteiger partial charge in [0.2, 0.25) is 11.8 Å². The number of nitrogens with one attached hydrogen (secondary N) is 1. The van der Waals surface area contributed by atoms with Crippen LogP contribution >= 0.6 is 0 Å². The van der Waals surface area contributed by atoms with Gasteiger partial charge in [-0.15, -0.1) is 0 Å². The van der Waals surface area contributed by atoms with Crippen molar-refractivity contribution in [1.82, 2.24) is 4.90 Å². The number of ether oxygens (including phenoxy) is 1. The van der Waals surface area contributed by atoms with Gasteiger partial charge in [0, 0.05) is 24.6 Å². The van der Waals surface area contributed by atoms with E-state index in [1.54, 1.807) is 4.90 Å². The van der Waals surface area contributed by atoms with Gasteiger partial charge in [-0.2, -0.15) is 0 Å². The Hall–Kier alpha value is -2.41. The molecular weight excluding hydrogens is 324 g/mol. The van der Waals surface area contributed by atoms with Gasteiger partial charge in [-0.1, -0.05) is 18.2 Å². The summed E-state index contributed by atoms with van der Waals surface area (Å²) in [4.78, 5) is 37.3. The van der Waals surface area contributed by atoms with E-state index in [0.717, 1.165) is 11.3 Å². The number of carbonyl (C=O) groups is 3. The van der Waals surface area contributed by atoms with Gasteiger partial charge in [0.15, 0.2) is 0 Å². The van der Waals surface area contributed by atoms with Crippen LogP contribution in [0.5, 0.6) is 0 Å². The van der Waals surface area contributed by atoms with Crippen molar-refractivity contribution in [3.05, 3.63) is 29.8 Å². The minimum atomic E-state index is -0.948. The molecule has 1 fully saturated rings. The molecule has 25 heavy (non-hydrogen) atoms. The summed E-state index contributed by atoms with van der Waals surface area (Å²) in [5, 5.41) is 11.9. The molecule has 0 aliphatic carbocycles. The molecule has 2 unspecified atom stereocenters. The molecule has 7 heteroatoms. The number of anilines is 1. The van der Waals surface area contributed by atoms with E-state index in [0.29, 0.717) is 26.0 Å². The second kappa shape index (κ2) is 7.65. The van der Waals surface area contributed by atoms with Crippen LogP contribution in [-0.2, 0) is 25.5 Å². The molecule has 2 N–H and O–H groups in total. The summed E-state index contributed by atoms with van der Waals surface area (Å²) >= 11 is 0. The third-order valence-electron chi connectivity index (χ3n) is 4.78. The van der Waals surface area contributed by atoms with Crippen LogP contribution in [0.15, 0.2) is 24.3 Å². The van der Waals surface area contributed by atoms with Crippen molar-refractivity contribution in [1.29, 1.82) is 0 Å². The predicted octanol–water partition coefficient (Wildman–Crippen LogP) is 1.28. The Balaban J connectivity index is 1.58. The Kier molecular flexibility index (Phi) is 5.33. The zero-order valence-corrected chi connectivity index (χ0v) is 13.9. The van der Waals surface area contributed by atoms with Crippen molar-refractivity contribution in [2.75, 3.05) is 25.1 Å². The number of para-hydroxylation sites is 1. The first-order valence-corrected chi connectivity index (χ1v) is 8.52. The quantitative estimate of drug-likeness (QED) is 0.837. The molecule has 2 aliphatic heterocycles. The highest BCUT2D eigenvalue weighted by atomic mass is 16.5. The Labute approximate surface area is 146 Å². The maximum atomic E-state index is 12.5. The van der Waals surface area contributed by atoms with Crippen molar-refractivity contribution in [2.24, 2.45) is 5.92 Å². The lowest BCUT2D eigenvalue weighted by Crippen LogP contribution is -2.49. The SMILES string of the molecule is O=C(O)CC1COCCN1C(=O)CCC1Cc2ccccc2NC1=O. The van der Waals surface area contributed by atoms with Crippen LogP contribution in [0.2, 0.25) is 0 Å². The molecule has 1 aromatic carbocycles. The number of carboxylic acid groups (broad SMARTS) is 1. The van der Waals surface area contributed by atoms with Crippen LogP contribution in [0.25, 0.3) is 0 Å². The number of benzene rings is 1. The minimum absolute atomic E-state index is 0.0597. The van der Waals surface area contributed by atoms with Gasteiger partial charge >= 0.3 is 5.97 Å². The molecule has 7 nitrogen and oxygen atoms in total. The van der Waals surface area contributed by atoms with Gasteiger partial charge < -0.3 is 20.1 Å². The third-order valence-corrected chi connectivity index (χ3v) is 4.78. The Morgan fingerprint density at radius 1 is 1.32 bits per heavy atom. The van der Waals surface area contributed by atoms with Crippen LogP contribution in [0.4, 0.5) is 5.69 Å². The largest absolute Gasteiger partial charge is 0.481 e. The van der Waals surface area contributed by atoms with Gasteiger partial charge in [0.05, 0.1) is 25.7 Å². The molecule has 134 valence electrons. The molecule has 0 aromatic heterocycles. The Morgan fingerprint density at radius 3 is 2.92 bits per heavy atom. The number of hydrogen-bond donors (Lipinski definition) is 2. The molecule has 2 aliphatic rings. The zero-order chi connectivity index (χ0) is 17.8. The fourth-order valence-corrected chi connectivity index (χ4v) is 3.44. The molecule has 0 radical (unpaired) electrons. The lowest BCUT2D eigenvalue weighted by atomic mass is 9.89. The number of hydrogen-bond acceptors (Lipinski definition) is 4. The number of nitrogens with zero attached hydrogens (tertiary/aromatic N) is 1. The highest BCUT2D eigenvalue weighted by Gasteiger charge is 2.31. The van der Waals surface area contributed by atoms with E-state index in [1.165, 1.54) is 0 Å². The van der Waals surface area contributed by atoms with Crippen molar-refractivity contribution >= 4 is 23.5 Å². The van der Waals surface area contributed by atoms with Crippen molar-refractivity contribution in [2.45, 2.75) is 31.7 Å². The number of aliphatic carboxylic acids is 1. The first-order chi connectivity index (χ1) is 12.0. The first kappa shape index (κ1) is 17.4. The van der Waals surface area contributed by atoms with Crippen molar-refractivity contribution in [3.63, 3.8) is 0 Å². The number of carboxylic acids is 1. The molecule has 0 saturated carbocycles. The molecule has 0 spiro atoms. The second-order valence-corrected chi connectivity index (χ2v) is 6.50. The minimum Gasteiger partial charge on any atom is -0.481 e. The molecule has 0 bridgehead atoms. The molecule has 1 aromatic rings. The molecule has 2 amide bonds. The van der Waals surface area contributed by atoms with E-state index >= 15 is 0 Å². The van der Waals surface area contributed by atoms with Gasteiger partial charge in [0.25, 0.3) is 0 Å². The maximum Gasteiger partial charge on any atom is 0.305 e. The van der Waals surface area contributed by atoms with Crippen molar-refractivity contribution < 1.29 is 24.2 Å². The van der Waals surface area contributed by atoms with Crippen LogP contribution in [0.1, 0.15) is 24.8 Å². The second-order valence-electron chi connectivity index (χ2n) is 6.50. The van der Waals surface area contributed by atoms with Gasteiger partial charge in [-0.25, -0.2) is 0 Å². The summed E-state index contributed by atoms with van der Waals surface area (Å²) in [7, 11) is 0. The average Bonchev–Trinajstić information content (AvgIpc) is 2.59. The summed E-state index contributed by atoms with van der Waals surface area (Å²) in [6, 6.07) is 7.24. The van der Waals surface area contributed by atoms with Crippen LogP contribution in [0.3, 0.4) is 0 Å². The standard InChI is InChI=1S/C18H22N2O5/c21-16(20-7-8-25-11-14(20)10-17(22)23)6-5-13-9-12-3-1-2-4-15(12)19-18(13)24/h1-4,13-14H,5-11H2,(H,19,24)(H,22,23). The Bertz CT molecular complexity index is 675. The predicted molar refractivity (Wildman–Crippen MR) is 90.1 cm³/mol. The number of carbonyl (C=O) groups excluding carboxylic acids is 2. The zero-order valence-electron chi connectivity index (χ0n) is 13.9. The highest BCUT2D eigenvalue weighted by Crippen LogP contribution is 2.28. The third kappa shape index (κ3) is 4.17. The van der Waals surface area contributed by atoms with Gasteiger partial charge in [-0.05, 0) is 24.5 Å². The van der Waals surface area contributed by atoms with E-state index in [4.69, 9.17) is 9.84 Å². The highest BCUT2D eigenvalue weighted by molar-refractivity contribution is 5.96. The summed E-state index contributed by atoms with van der Waals surface area (Å²) in [5.41, 5.74) is 1.92. The number of rotatable bonds is 5. The van der Waals surface area contributed by atoms with E-state index in [9.17, 15) is 14.4 Å². The number of fused-ring (bicyclic) bond motifs is 1. The molecule has 2 heterocycles. The molecule has 2 atom stereocenters. The smallest absolute Gasteiger partial charge is 0.305 e. The van der Waals surface area contributed by atoms with Crippen LogP contribution < -0.4 is 5.32 Å². The van der Waals surface area contributed by atoms with E-state index in [1.807, 2.05) is 24.3 Å². The monoisotopic (exact) mass is 346 g/mol. The van der Waals surface area contributed by atoms with E-state index in [-0.39, 0.29) is 37.2 Å². The van der Waals surface area contributed by atoms with Crippen molar-refractivity contribution in [3.8, 4) is 0 Å². The van der Waals surface area contributed by atoms with E-state index in [2.05, 4.69) is 5.32 Å². The topological polar surface area (TPSA) is 95.9 Å². The Morgan fingerprint density at radius 2 is 2.12 bits per heavy atom. The van der Waals surface area contributed by atoms with Crippen LogP contribution in [-0.4, -0.2) is 53.6 Å². The molecule has 3 rings (SSSR count). The van der Waals surface area contributed by atoms with Crippen LogP contribution in [0, 0.1) is 5.92 Å². The summed E-state index contributed by atoms with van der Waals surface area (Å²) in [6.07, 6.45) is 1.19. The lowest BCUT2D eigenvalue weighted by Gasteiger charge is -2.35. The van der Waals surface area contributed by atoms with E-state index < -0.39 is 12.0 Å². The summed E-state index contributed by atoms with van der Waals surface area (Å²) in [6.45, 7) is 1.06. The lowest BCUT2D eigenvalue weighted by molar-refractivity contribution is -0.146. The summed E-state index contributed by atoms with van der Waals surface area (Å²) in [5.74, 6) is -1.36. The summed E-state index contributed by atoms with van der Waals surface area (Å²) < 4.78 is 5.29. The fraction of sp³-hybridized carbons (Fsp3) is 0.500. The van der Waals surface area contributed by atoms with Gasteiger partial charge in [0.1, 0.15) is 0 Å². The maximum absolute atomic E-state index is 12.5. The average molecular weight is 346 g/mol. The number of morpholine rings is 1. The fourth-order valence-electron chi connectivity index (χ4n) is 3.44.